The van der Waals surface area contributed by atoms with Crippen molar-refractivity contribution in [3.63, 3.8) is 0 Å². The highest BCUT2D eigenvalue weighted by molar-refractivity contribution is 14.0. The lowest BCUT2D eigenvalue weighted by Crippen LogP contribution is -2.38. The van der Waals surface area contributed by atoms with E-state index in [1.54, 1.807) is 6.26 Å². The van der Waals surface area contributed by atoms with Crippen LogP contribution in [0.1, 0.15) is 37.2 Å². The van der Waals surface area contributed by atoms with Gasteiger partial charge in [0.2, 0.25) is 0 Å². The third-order valence-electron chi connectivity index (χ3n) is 3.72. The van der Waals surface area contributed by atoms with Gasteiger partial charge in [-0.25, -0.2) is 4.99 Å². The minimum absolute atomic E-state index is 0. The molecule has 0 aliphatic heterocycles. The van der Waals surface area contributed by atoms with E-state index in [1.807, 2.05) is 24.3 Å². The van der Waals surface area contributed by atoms with Gasteiger partial charge in [-0.3, -0.25) is 0 Å². The van der Waals surface area contributed by atoms with Gasteiger partial charge in [-0.15, -0.1) is 24.0 Å². The van der Waals surface area contributed by atoms with Gasteiger partial charge >= 0.3 is 0 Å². The quantitative estimate of drug-likeness (QED) is 0.237. The van der Waals surface area contributed by atoms with Crippen molar-refractivity contribution < 1.29 is 9.15 Å². The van der Waals surface area contributed by atoms with Gasteiger partial charge in [0, 0.05) is 26.1 Å². The maximum Gasteiger partial charge on any atom is 0.191 e. The Balaban J connectivity index is 0.00000338. The zero-order valence-electron chi connectivity index (χ0n) is 15.7. The van der Waals surface area contributed by atoms with Crippen LogP contribution in [0, 0.1) is 0 Å². The summed E-state index contributed by atoms with van der Waals surface area (Å²) < 4.78 is 11.0. The lowest BCUT2D eigenvalue weighted by Gasteiger charge is -2.12. The van der Waals surface area contributed by atoms with Crippen LogP contribution >= 0.6 is 24.0 Å². The molecule has 5 nitrogen and oxygen atoms in total. The number of hydrogen-bond donors (Lipinski definition) is 2. The van der Waals surface area contributed by atoms with Crippen molar-refractivity contribution in [1.82, 2.24) is 10.6 Å². The average molecular weight is 471 g/mol. The summed E-state index contributed by atoms with van der Waals surface area (Å²) in [6, 6.07) is 12.2. The number of ether oxygens (including phenoxy) is 1. The second kappa shape index (κ2) is 13.6. The summed E-state index contributed by atoms with van der Waals surface area (Å²) >= 11 is 0. The Hall–Kier alpha value is -1.54. The molecule has 0 radical (unpaired) electrons. The lowest BCUT2D eigenvalue weighted by atomic mass is 10.1. The molecule has 0 aliphatic rings. The van der Waals surface area contributed by atoms with Crippen LogP contribution in [0.3, 0.4) is 0 Å². The number of rotatable bonds is 10. The number of halogens is 1. The average Bonchev–Trinajstić information content (AvgIpc) is 3.14. The number of furan rings is 1. The van der Waals surface area contributed by atoms with Crippen LogP contribution in [0.15, 0.2) is 52.1 Å². The van der Waals surface area contributed by atoms with Crippen molar-refractivity contribution >= 4 is 29.9 Å². The number of hydrogen-bond acceptors (Lipinski definition) is 3. The van der Waals surface area contributed by atoms with Crippen molar-refractivity contribution in [2.45, 2.75) is 39.8 Å². The van der Waals surface area contributed by atoms with E-state index >= 15 is 0 Å². The molecule has 0 spiro atoms. The standard InChI is InChI=1S/C20H29N3O2.HI/c1-3-13-24-16-18-9-6-5-8-17(18)15-23-20(21-4-2)22-12-11-19-10-7-14-25-19;/h5-10,14H,3-4,11-13,15-16H2,1-2H3,(H2,21,22,23);1H. The van der Waals surface area contributed by atoms with Gasteiger partial charge in [-0.1, -0.05) is 31.2 Å². The summed E-state index contributed by atoms with van der Waals surface area (Å²) in [5.41, 5.74) is 2.40. The number of benzene rings is 1. The molecule has 0 fully saturated rings. The van der Waals surface area contributed by atoms with Gasteiger partial charge in [-0.2, -0.15) is 0 Å². The van der Waals surface area contributed by atoms with Gasteiger partial charge in [0.25, 0.3) is 0 Å². The fourth-order valence-corrected chi connectivity index (χ4v) is 2.44. The van der Waals surface area contributed by atoms with E-state index in [1.165, 1.54) is 11.1 Å². The van der Waals surface area contributed by atoms with E-state index < -0.39 is 0 Å². The number of aliphatic imine (C=N–C) groups is 1. The highest BCUT2D eigenvalue weighted by atomic mass is 127. The molecule has 0 amide bonds. The minimum Gasteiger partial charge on any atom is -0.469 e. The maximum absolute atomic E-state index is 5.68. The Morgan fingerprint density at radius 2 is 1.88 bits per heavy atom. The first-order valence-electron chi connectivity index (χ1n) is 9.02. The first-order valence-corrected chi connectivity index (χ1v) is 9.02. The largest absolute Gasteiger partial charge is 0.469 e. The predicted molar refractivity (Wildman–Crippen MR) is 117 cm³/mol. The molecule has 1 heterocycles. The normalized spacial score (nSPS) is 11.1. The van der Waals surface area contributed by atoms with Gasteiger partial charge in [-0.05, 0) is 36.6 Å². The van der Waals surface area contributed by atoms with Gasteiger partial charge < -0.3 is 19.8 Å². The van der Waals surface area contributed by atoms with E-state index in [9.17, 15) is 0 Å². The summed E-state index contributed by atoms with van der Waals surface area (Å²) in [4.78, 5) is 4.70. The van der Waals surface area contributed by atoms with E-state index in [2.05, 4.69) is 36.6 Å². The summed E-state index contributed by atoms with van der Waals surface area (Å²) in [7, 11) is 0. The summed E-state index contributed by atoms with van der Waals surface area (Å²) in [5.74, 6) is 1.79. The van der Waals surface area contributed by atoms with E-state index in [0.717, 1.165) is 44.3 Å². The van der Waals surface area contributed by atoms with Crippen LogP contribution in [-0.2, 0) is 24.3 Å². The molecule has 0 saturated carbocycles. The highest BCUT2D eigenvalue weighted by Crippen LogP contribution is 2.11. The topological polar surface area (TPSA) is 58.8 Å². The molecule has 2 rings (SSSR count). The number of nitrogens with one attached hydrogen (secondary N) is 2. The summed E-state index contributed by atoms with van der Waals surface area (Å²) in [6.07, 6.45) is 3.56. The van der Waals surface area contributed by atoms with Gasteiger partial charge in [0.1, 0.15) is 5.76 Å². The molecule has 1 aromatic carbocycles. The van der Waals surface area contributed by atoms with Gasteiger partial charge in [0.15, 0.2) is 5.96 Å². The Morgan fingerprint density at radius 1 is 1.08 bits per heavy atom. The first kappa shape index (κ1) is 22.5. The fraction of sp³-hybridized carbons (Fsp3) is 0.450. The zero-order chi connectivity index (χ0) is 17.7. The summed E-state index contributed by atoms with van der Waals surface area (Å²) in [5, 5.41) is 6.63. The molecule has 0 atom stereocenters. The smallest absolute Gasteiger partial charge is 0.191 e. The van der Waals surface area contributed by atoms with Crippen LogP contribution in [0.2, 0.25) is 0 Å². The molecule has 26 heavy (non-hydrogen) atoms. The van der Waals surface area contributed by atoms with Crippen LogP contribution in [0.25, 0.3) is 0 Å². The molecule has 6 heteroatoms. The molecule has 0 unspecified atom stereocenters. The molecule has 144 valence electrons. The van der Waals surface area contributed by atoms with E-state index in [-0.39, 0.29) is 24.0 Å². The second-order valence-electron chi connectivity index (χ2n) is 5.77. The van der Waals surface area contributed by atoms with Crippen LogP contribution in [-0.4, -0.2) is 25.7 Å². The van der Waals surface area contributed by atoms with Gasteiger partial charge in [0.05, 0.1) is 19.4 Å². The Kier molecular flexibility index (Phi) is 11.8. The number of guanidine groups is 1. The lowest BCUT2D eigenvalue weighted by molar-refractivity contribution is 0.121. The van der Waals surface area contributed by atoms with E-state index in [0.29, 0.717) is 13.2 Å². The molecule has 1 aromatic heterocycles. The second-order valence-corrected chi connectivity index (χ2v) is 5.77. The SMILES string of the molecule is CCCOCc1ccccc1CN=C(NCC)NCCc1ccco1.I. The van der Waals surface area contributed by atoms with Crippen LogP contribution in [0.5, 0.6) is 0 Å². The van der Waals surface area contributed by atoms with Crippen LogP contribution < -0.4 is 10.6 Å². The van der Waals surface area contributed by atoms with Crippen molar-refractivity contribution in [2.24, 2.45) is 4.99 Å². The molecule has 0 saturated heterocycles. The Morgan fingerprint density at radius 3 is 2.58 bits per heavy atom. The zero-order valence-corrected chi connectivity index (χ0v) is 18.0. The van der Waals surface area contributed by atoms with Crippen molar-refractivity contribution in [2.75, 3.05) is 19.7 Å². The monoisotopic (exact) mass is 471 g/mol. The van der Waals surface area contributed by atoms with Crippen molar-refractivity contribution in [3.05, 3.63) is 59.5 Å². The van der Waals surface area contributed by atoms with Crippen molar-refractivity contribution in [3.8, 4) is 0 Å². The third kappa shape index (κ3) is 8.23. The predicted octanol–water partition coefficient (Wildman–Crippen LogP) is 4.12. The first-order chi connectivity index (χ1) is 12.3. The molecular weight excluding hydrogens is 441 g/mol. The molecule has 0 aliphatic carbocycles. The Bertz CT molecular complexity index is 630. The van der Waals surface area contributed by atoms with E-state index in [4.69, 9.17) is 14.1 Å². The minimum atomic E-state index is 0. The molecular formula is C20H30IN3O2. The van der Waals surface area contributed by atoms with Crippen LogP contribution in [0.4, 0.5) is 0 Å². The third-order valence-corrected chi connectivity index (χ3v) is 3.72. The molecule has 2 N–H and O–H groups in total. The summed E-state index contributed by atoms with van der Waals surface area (Å²) in [6.45, 7) is 7.84. The molecule has 2 aromatic rings. The highest BCUT2D eigenvalue weighted by Gasteiger charge is 2.03. The fourth-order valence-electron chi connectivity index (χ4n) is 2.44. The molecule has 0 bridgehead atoms. The Labute approximate surface area is 173 Å². The maximum atomic E-state index is 5.68. The number of nitrogens with zero attached hydrogens (tertiary/aromatic N) is 1. The van der Waals surface area contributed by atoms with Crippen molar-refractivity contribution in [1.29, 1.82) is 0 Å².